The molecule has 1 fully saturated rings. The fourth-order valence-corrected chi connectivity index (χ4v) is 11.5. The number of carbonyl (C=O) groups excluding carboxylic acids is 1. The molecule has 2 aliphatic rings. The molecular weight excluding hydrogens is 679 g/mol. The van der Waals surface area contributed by atoms with Gasteiger partial charge in [0.25, 0.3) is 0 Å². The molecular formula is C39H52ClN3O2Ru. The Labute approximate surface area is 286 Å². The van der Waals surface area contributed by atoms with Gasteiger partial charge in [0, 0.05) is 0 Å². The Kier molecular flexibility index (Phi) is 10.7. The van der Waals surface area contributed by atoms with E-state index < -0.39 is 20.6 Å². The number of para-hydroxylation sites is 3. The number of anilines is 3. The maximum atomic E-state index is 13.0. The van der Waals surface area contributed by atoms with E-state index in [0.29, 0.717) is 30.1 Å². The molecule has 7 heteroatoms. The Morgan fingerprint density at radius 1 is 0.783 bits per heavy atom. The molecule has 1 amide bonds. The molecule has 5 rings (SSSR count). The number of carbonyl (C=O) groups is 1. The zero-order valence-electron chi connectivity index (χ0n) is 29.2. The van der Waals surface area contributed by atoms with Crippen molar-refractivity contribution in [1.29, 1.82) is 0 Å². The molecule has 250 valence electrons. The second-order valence-electron chi connectivity index (χ2n) is 13.9. The van der Waals surface area contributed by atoms with Crippen LogP contribution in [0.25, 0.3) is 0 Å². The van der Waals surface area contributed by atoms with Crippen molar-refractivity contribution in [3.05, 3.63) is 82.4 Å². The first-order valence-electron chi connectivity index (χ1n) is 16.9. The number of likely N-dealkylation sites (N-methyl/N-ethyl adjacent to an activating group) is 1. The van der Waals surface area contributed by atoms with E-state index in [4.69, 9.17) is 14.4 Å². The van der Waals surface area contributed by atoms with Crippen LogP contribution in [0.15, 0.2) is 54.6 Å². The van der Waals surface area contributed by atoms with Crippen LogP contribution in [-0.4, -0.2) is 41.5 Å². The Balaban J connectivity index is 1.75. The van der Waals surface area contributed by atoms with Gasteiger partial charge in [-0.3, -0.25) is 0 Å². The van der Waals surface area contributed by atoms with Gasteiger partial charge in [0.05, 0.1) is 0 Å². The third-order valence-electron chi connectivity index (χ3n) is 9.35. The summed E-state index contributed by atoms with van der Waals surface area (Å²) in [5.41, 5.74) is 10.0. The topological polar surface area (TPSA) is 36.0 Å². The molecule has 1 atom stereocenters. The molecule has 2 aliphatic heterocycles. The van der Waals surface area contributed by atoms with Crippen molar-refractivity contribution in [2.75, 3.05) is 34.8 Å². The van der Waals surface area contributed by atoms with Crippen molar-refractivity contribution in [2.45, 2.75) is 103 Å². The molecule has 0 aromatic heterocycles. The first-order chi connectivity index (χ1) is 21.9. The van der Waals surface area contributed by atoms with E-state index in [1.165, 1.54) is 33.6 Å². The van der Waals surface area contributed by atoms with Crippen molar-refractivity contribution in [1.82, 2.24) is 0 Å². The summed E-state index contributed by atoms with van der Waals surface area (Å²) in [5, 5.41) is 0. The van der Waals surface area contributed by atoms with Crippen LogP contribution in [0, 0.1) is 0 Å². The van der Waals surface area contributed by atoms with Gasteiger partial charge in [0.2, 0.25) is 0 Å². The number of amides is 1. The van der Waals surface area contributed by atoms with E-state index in [9.17, 15) is 4.79 Å². The van der Waals surface area contributed by atoms with Crippen LogP contribution in [0.4, 0.5) is 17.1 Å². The number of nitrogens with zero attached hydrogens (tertiary/aromatic N) is 3. The van der Waals surface area contributed by atoms with Crippen LogP contribution in [0.5, 0.6) is 5.75 Å². The van der Waals surface area contributed by atoms with E-state index in [1.807, 2.05) is 26.1 Å². The molecule has 1 unspecified atom stereocenters. The van der Waals surface area contributed by atoms with Crippen LogP contribution in [0.3, 0.4) is 0 Å². The predicted octanol–water partition coefficient (Wildman–Crippen LogP) is 9.55. The summed E-state index contributed by atoms with van der Waals surface area (Å²) in [5.74, 6) is 2.29. The Hall–Kier alpha value is -2.69. The van der Waals surface area contributed by atoms with Gasteiger partial charge in [0.15, 0.2) is 0 Å². The van der Waals surface area contributed by atoms with E-state index in [1.54, 1.807) is 4.90 Å². The Morgan fingerprint density at radius 2 is 1.22 bits per heavy atom. The van der Waals surface area contributed by atoms with Gasteiger partial charge >= 0.3 is 288 Å². The summed E-state index contributed by atoms with van der Waals surface area (Å²) in [7, 11) is 9.73. The number of hydrogen-bond donors (Lipinski definition) is 0. The molecule has 46 heavy (non-hydrogen) atoms. The molecule has 0 aliphatic carbocycles. The summed E-state index contributed by atoms with van der Waals surface area (Å²) < 4.78 is 8.70. The normalized spacial score (nSPS) is 18.4. The van der Waals surface area contributed by atoms with Crippen LogP contribution < -0.4 is 19.4 Å². The Bertz CT molecular complexity index is 1490. The van der Waals surface area contributed by atoms with Gasteiger partial charge in [-0.1, -0.05) is 0 Å². The van der Waals surface area contributed by atoms with E-state index in [-0.39, 0.29) is 10.7 Å². The molecule has 2 heterocycles. The van der Waals surface area contributed by atoms with Crippen molar-refractivity contribution < 1.29 is 24.0 Å². The average molecular weight is 731 g/mol. The number of halogens is 1. The van der Waals surface area contributed by atoms with Crippen LogP contribution in [0.1, 0.15) is 120 Å². The number of ether oxygens (including phenoxy) is 1. The molecule has 3 aromatic rings. The summed E-state index contributed by atoms with van der Waals surface area (Å²) in [6, 6.07) is 19.8. The molecule has 0 saturated carbocycles. The summed E-state index contributed by atoms with van der Waals surface area (Å²) in [6.07, 6.45) is 0.137. The summed E-state index contributed by atoms with van der Waals surface area (Å²) in [4.78, 5) is 20.0. The first kappa shape index (κ1) is 34.6. The van der Waals surface area contributed by atoms with Gasteiger partial charge < -0.3 is 0 Å². The predicted molar refractivity (Wildman–Crippen MR) is 193 cm³/mol. The van der Waals surface area contributed by atoms with E-state index >= 15 is 0 Å². The van der Waals surface area contributed by atoms with Crippen LogP contribution in [0.2, 0.25) is 0 Å². The zero-order valence-corrected chi connectivity index (χ0v) is 31.7. The van der Waals surface area contributed by atoms with Crippen molar-refractivity contribution >= 4 is 37.3 Å². The van der Waals surface area contributed by atoms with Crippen LogP contribution >= 0.6 is 9.69 Å². The molecule has 0 N–H and O–H groups in total. The zero-order chi connectivity index (χ0) is 33.4. The minimum absolute atomic E-state index is 0.00151. The minimum atomic E-state index is -2.30. The van der Waals surface area contributed by atoms with E-state index in [0.717, 1.165) is 30.1 Å². The quantitative estimate of drug-likeness (QED) is 0.206. The van der Waals surface area contributed by atoms with Crippen molar-refractivity contribution in [2.24, 2.45) is 0 Å². The van der Waals surface area contributed by atoms with Gasteiger partial charge in [-0.2, -0.15) is 0 Å². The number of benzene rings is 3. The van der Waals surface area contributed by atoms with Crippen molar-refractivity contribution in [3.63, 3.8) is 0 Å². The summed E-state index contributed by atoms with van der Waals surface area (Å²) >= 11 is -2.30. The number of rotatable bonds is 9. The monoisotopic (exact) mass is 731 g/mol. The number of fused-ring (bicyclic) bond motifs is 1. The van der Waals surface area contributed by atoms with E-state index in [2.05, 4.69) is 112 Å². The SMILES string of the molecule is CCC1Oc2c([CH]=[Ru]([Cl])[CH]3N(c4c(C(C)C)cccc4C(C)C)CCN3c3c(C(C)C)cccc3C(C)C)cccc2N(C)C1=O. The third-order valence-corrected chi connectivity index (χ3v) is 13.6. The first-order valence-corrected chi connectivity index (χ1v) is 21.1. The number of hydrogen-bond acceptors (Lipinski definition) is 4. The van der Waals surface area contributed by atoms with Gasteiger partial charge in [-0.15, -0.1) is 0 Å². The van der Waals surface area contributed by atoms with Gasteiger partial charge in [-0.05, 0) is 0 Å². The van der Waals surface area contributed by atoms with Gasteiger partial charge in [0.1, 0.15) is 0 Å². The van der Waals surface area contributed by atoms with Crippen molar-refractivity contribution in [3.8, 4) is 5.75 Å². The standard InChI is InChI=1S/C27H39N2.C12H13NO2.ClH.Ru/c1-18(2)22-11-9-12-23(19(3)4)26(22)28-15-16-29(17-28)27-24(20(5)6)13-10-14-25(27)21(7)8;1-4-10-12(14)13(3)9-7-5-6-8(2)11(9)15-10;;/h9-14,17-21H,15-16H2,1-8H3;2,5-7,10H,4H2,1,3H3;1H;/q;;;+1/p-1. The molecule has 0 spiro atoms. The second-order valence-corrected chi connectivity index (χ2v) is 18.4. The maximum absolute atomic E-state index is 13.0. The average Bonchev–Trinajstić information content (AvgIpc) is 3.46. The molecule has 3 aromatic carbocycles. The summed E-state index contributed by atoms with van der Waals surface area (Å²) in [6.45, 7) is 22.2. The molecule has 5 nitrogen and oxygen atoms in total. The molecule has 0 bridgehead atoms. The fraction of sp³-hybridized carbons (Fsp3) is 0.487. The van der Waals surface area contributed by atoms with Gasteiger partial charge in [-0.25, -0.2) is 0 Å². The molecule has 1 saturated heterocycles. The van der Waals surface area contributed by atoms with Crippen LogP contribution in [-0.2, 0) is 19.3 Å². The molecule has 0 radical (unpaired) electrons. The third kappa shape index (κ3) is 6.41. The Morgan fingerprint density at radius 3 is 1.63 bits per heavy atom. The fourth-order valence-electron chi connectivity index (χ4n) is 6.88. The second kappa shape index (κ2) is 14.2.